The second-order valence-corrected chi connectivity index (χ2v) is 5.62. The Labute approximate surface area is 128 Å². The quantitative estimate of drug-likeness (QED) is 0.463. The first kappa shape index (κ1) is 15.3. The van der Waals surface area contributed by atoms with Gasteiger partial charge in [0, 0.05) is 6.54 Å². The fourth-order valence-electron chi connectivity index (χ4n) is 1.77. The van der Waals surface area contributed by atoms with Crippen molar-refractivity contribution in [2.75, 3.05) is 17.6 Å². The molecule has 4 nitrogen and oxygen atoms in total. The number of hydrogen-bond acceptors (Lipinski definition) is 5. The van der Waals surface area contributed by atoms with Crippen molar-refractivity contribution >= 4 is 34.1 Å². The number of nitrogen functional groups attached to an aromatic ring is 1. The van der Waals surface area contributed by atoms with Crippen LogP contribution in [0.2, 0.25) is 0 Å². The third-order valence-corrected chi connectivity index (χ3v) is 3.95. The van der Waals surface area contributed by atoms with Gasteiger partial charge < -0.3 is 11.1 Å². The van der Waals surface area contributed by atoms with E-state index >= 15 is 0 Å². The van der Waals surface area contributed by atoms with Crippen molar-refractivity contribution in [1.82, 2.24) is 4.98 Å². The van der Waals surface area contributed by atoms with E-state index in [1.165, 1.54) is 17.4 Å². The highest BCUT2D eigenvalue weighted by molar-refractivity contribution is 7.18. The molecule has 110 valence electrons. The summed E-state index contributed by atoms with van der Waals surface area (Å²) in [6.07, 6.45) is 5.50. The minimum atomic E-state index is -0.114. The molecule has 0 saturated heterocycles. The van der Waals surface area contributed by atoms with Gasteiger partial charge in [0.15, 0.2) is 10.9 Å². The summed E-state index contributed by atoms with van der Waals surface area (Å²) in [4.78, 5) is 16.8. The fraction of sp³-hybridized carbons (Fsp3) is 0.250. The van der Waals surface area contributed by atoms with Gasteiger partial charge in [0.25, 0.3) is 0 Å². The molecule has 0 spiro atoms. The molecular weight excluding hydrogens is 282 g/mol. The number of carbonyl (C=O) groups excluding carboxylic acids is 1. The lowest BCUT2D eigenvalue weighted by Gasteiger charge is -1.98. The second-order valence-electron chi connectivity index (χ2n) is 4.62. The Morgan fingerprint density at radius 3 is 2.86 bits per heavy atom. The van der Waals surface area contributed by atoms with Crippen LogP contribution in [0.5, 0.6) is 0 Å². The van der Waals surface area contributed by atoms with Crippen LogP contribution >= 0.6 is 11.3 Å². The number of nitrogens with one attached hydrogen (secondary N) is 1. The van der Waals surface area contributed by atoms with E-state index in [9.17, 15) is 4.79 Å². The minimum absolute atomic E-state index is 0.114. The van der Waals surface area contributed by atoms with Gasteiger partial charge in [0.1, 0.15) is 10.7 Å². The molecule has 1 aromatic heterocycles. The average molecular weight is 301 g/mol. The summed E-state index contributed by atoms with van der Waals surface area (Å²) in [5.41, 5.74) is 6.80. The van der Waals surface area contributed by atoms with E-state index < -0.39 is 0 Å². The molecule has 0 saturated carbocycles. The molecule has 3 N–H and O–H groups in total. The van der Waals surface area contributed by atoms with Crippen LogP contribution in [0.25, 0.3) is 6.08 Å². The van der Waals surface area contributed by atoms with Gasteiger partial charge in [-0.05, 0) is 18.1 Å². The molecule has 0 atom stereocenters. The third-order valence-electron chi connectivity index (χ3n) is 2.91. The van der Waals surface area contributed by atoms with Crippen LogP contribution in [0.4, 0.5) is 10.9 Å². The highest BCUT2D eigenvalue weighted by Gasteiger charge is 2.13. The number of ketones is 1. The van der Waals surface area contributed by atoms with Crippen LogP contribution in [-0.4, -0.2) is 17.3 Å². The Morgan fingerprint density at radius 1 is 1.38 bits per heavy atom. The molecule has 0 radical (unpaired) electrons. The van der Waals surface area contributed by atoms with Gasteiger partial charge in [-0.25, -0.2) is 4.98 Å². The van der Waals surface area contributed by atoms with Crippen molar-refractivity contribution in [2.24, 2.45) is 0 Å². The molecular formula is C16H19N3OS. The fourth-order valence-corrected chi connectivity index (χ4v) is 2.60. The summed E-state index contributed by atoms with van der Waals surface area (Å²) in [6, 6.07) is 9.69. The lowest BCUT2D eigenvalue weighted by Crippen LogP contribution is -2.00. The maximum Gasteiger partial charge on any atom is 0.199 e. The van der Waals surface area contributed by atoms with Gasteiger partial charge in [-0.15, -0.1) is 0 Å². The Bertz CT molecular complexity index is 620. The average Bonchev–Trinajstić information content (AvgIpc) is 2.87. The van der Waals surface area contributed by atoms with E-state index in [2.05, 4.69) is 17.2 Å². The first-order chi connectivity index (χ1) is 10.2. The summed E-state index contributed by atoms with van der Waals surface area (Å²) in [7, 11) is 0. The van der Waals surface area contributed by atoms with Gasteiger partial charge >= 0.3 is 0 Å². The van der Waals surface area contributed by atoms with Gasteiger partial charge in [0.2, 0.25) is 0 Å². The zero-order valence-corrected chi connectivity index (χ0v) is 12.8. The predicted octanol–water partition coefficient (Wildman–Crippen LogP) is 3.83. The molecule has 1 aromatic carbocycles. The molecule has 0 amide bonds. The SMILES string of the molecule is CCCCNc1nc(N)c(C(=O)/C=C/c2ccccc2)s1. The number of nitrogens with two attached hydrogens (primary N) is 1. The second kappa shape index (κ2) is 7.59. The van der Waals surface area contributed by atoms with Gasteiger partial charge in [-0.3, -0.25) is 4.79 Å². The smallest absolute Gasteiger partial charge is 0.199 e. The summed E-state index contributed by atoms with van der Waals surface area (Å²) < 4.78 is 0. The Morgan fingerprint density at radius 2 is 2.14 bits per heavy atom. The molecule has 0 fully saturated rings. The third kappa shape index (κ3) is 4.43. The van der Waals surface area contributed by atoms with Crippen LogP contribution in [0.3, 0.4) is 0 Å². The highest BCUT2D eigenvalue weighted by atomic mass is 32.1. The van der Waals surface area contributed by atoms with Crippen molar-refractivity contribution in [2.45, 2.75) is 19.8 Å². The first-order valence-electron chi connectivity index (χ1n) is 6.98. The Hall–Kier alpha value is -2.14. The maximum absolute atomic E-state index is 12.2. The number of allylic oxidation sites excluding steroid dienone is 1. The van der Waals surface area contributed by atoms with Crippen LogP contribution in [0.1, 0.15) is 35.0 Å². The summed E-state index contributed by atoms with van der Waals surface area (Å²) >= 11 is 1.31. The number of aromatic nitrogens is 1. The standard InChI is InChI=1S/C16H19N3OS/c1-2-3-11-18-16-19-15(17)14(21-16)13(20)10-9-12-7-5-4-6-8-12/h4-10H,2-3,11,17H2,1H3,(H,18,19)/b10-9+. The van der Waals surface area contributed by atoms with Crippen molar-refractivity contribution < 1.29 is 4.79 Å². The van der Waals surface area contributed by atoms with Crippen molar-refractivity contribution in [1.29, 1.82) is 0 Å². The zero-order chi connectivity index (χ0) is 15.1. The molecule has 0 bridgehead atoms. The molecule has 0 aliphatic heterocycles. The van der Waals surface area contributed by atoms with Crippen LogP contribution in [0, 0.1) is 0 Å². The number of anilines is 2. The van der Waals surface area contributed by atoms with Crippen molar-refractivity contribution in [3.8, 4) is 0 Å². The van der Waals surface area contributed by atoms with Crippen molar-refractivity contribution in [3.63, 3.8) is 0 Å². The normalized spacial score (nSPS) is 10.9. The van der Waals surface area contributed by atoms with Crippen LogP contribution < -0.4 is 11.1 Å². The van der Waals surface area contributed by atoms with E-state index in [1.54, 1.807) is 6.08 Å². The molecule has 5 heteroatoms. The number of benzene rings is 1. The van der Waals surface area contributed by atoms with E-state index in [0.29, 0.717) is 15.8 Å². The number of unbranched alkanes of at least 4 members (excludes halogenated alkanes) is 1. The van der Waals surface area contributed by atoms with E-state index in [4.69, 9.17) is 5.73 Å². The summed E-state index contributed by atoms with van der Waals surface area (Å²) in [6.45, 7) is 2.97. The molecule has 1 heterocycles. The Kier molecular flexibility index (Phi) is 5.51. The molecule has 21 heavy (non-hydrogen) atoms. The molecule has 2 aromatic rings. The van der Waals surface area contributed by atoms with Crippen molar-refractivity contribution in [3.05, 3.63) is 46.8 Å². The Balaban J connectivity index is 2.04. The van der Waals surface area contributed by atoms with Crippen LogP contribution in [-0.2, 0) is 0 Å². The number of carbonyl (C=O) groups is 1. The monoisotopic (exact) mass is 301 g/mol. The number of rotatable bonds is 7. The molecule has 0 aliphatic carbocycles. The van der Waals surface area contributed by atoms with Crippen LogP contribution in [0.15, 0.2) is 36.4 Å². The van der Waals surface area contributed by atoms with Gasteiger partial charge in [-0.1, -0.05) is 61.1 Å². The van der Waals surface area contributed by atoms with E-state index in [0.717, 1.165) is 24.9 Å². The molecule has 2 rings (SSSR count). The molecule has 0 unspecified atom stereocenters. The van der Waals surface area contributed by atoms with Gasteiger partial charge in [-0.2, -0.15) is 0 Å². The van der Waals surface area contributed by atoms with E-state index in [-0.39, 0.29) is 5.78 Å². The topological polar surface area (TPSA) is 68.0 Å². The lowest BCUT2D eigenvalue weighted by molar-refractivity contribution is 0.105. The number of nitrogens with zero attached hydrogens (tertiary/aromatic N) is 1. The predicted molar refractivity (Wildman–Crippen MR) is 89.7 cm³/mol. The minimum Gasteiger partial charge on any atom is -0.382 e. The number of thiazole rings is 1. The highest BCUT2D eigenvalue weighted by Crippen LogP contribution is 2.25. The van der Waals surface area contributed by atoms with Gasteiger partial charge in [0.05, 0.1) is 0 Å². The molecule has 0 aliphatic rings. The van der Waals surface area contributed by atoms with E-state index in [1.807, 2.05) is 30.3 Å². The maximum atomic E-state index is 12.2. The number of hydrogen-bond donors (Lipinski definition) is 2. The zero-order valence-electron chi connectivity index (χ0n) is 12.0. The largest absolute Gasteiger partial charge is 0.382 e. The summed E-state index contributed by atoms with van der Waals surface area (Å²) in [5.74, 6) is 0.180. The first-order valence-corrected chi connectivity index (χ1v) is 7.80. The summed E-state index contributed by atoms with van der Waals surface area (Å²) in [5, 5.41) is 3.89. The lowest BCUT2D eigenvalue weighted by atomic mass is 10.2.